The van der Waals surface area contributed by atoms with E-state index < -0.39 is 0 Å². The lowest BCUT2D eigenvalue weighted by Crippen LogP contribution is -2.25. The molecule has 5 nitrogen and oxygen atoms in total. The van der Waals surface area contributed by atoms with Crippen LogP contribution in [0.5, 0.6) is 0 Å². The van der Waals surface area contributed by atoms with E-state index in [0.29, 0.717) is 24.8 Å². The largest absolute Gasteiger partial charge is 0.354 e. The van der Waals surface area contributed by atoms with Crippen molar-refractivity contribution in [3.05, 3.63) is 59.4 Å². The second-order valence-electron chi connectivity index (χ2n) is 5.82. The fourth-order valence-electron chi connectivity index (χ4n) is 2.71. The van der Waals surface area contributed by atoms with Gasteiger partial charge in [0.25, 0.3) is 5.24 Å². The van der Waals surface area contributed by atoms with Crippen molar-refractivity contribution in [1.82, 2.24) is 9.88 Å². The maximum atomic E-state index is 12.3. The number of rotatable bonds is 6. The average Bonchev–Trinajstić information content (AvgIpc) is 3.11. The number of carbonyl (C=O) groups is 3. The molecule has 1 aliphatic heterocycles. The van der Waals surface area contributed by atoms with E-state index in [-0.39, 0.29) is 22.2 Å². The maximum absolute atomic E-state index is 12.3. The minimum atomic E-state index is -0.378. The highest BCUT2D eigenvalue weighted by Crippen LogP contribution is 2.23. The molecule has 6 heteroatoms. The van der Waals surface area contributed by atoms with Gasteiger partial charge in [0, 0.05) is 30.9 Å². The van der Waals surface area contributed by atoms with E-state index in [2.05, 4.69) is 5.32 Å². The molecule has 2 amide bonds. The van der Waals surface area contributed by atoms with Crippen molar-refractivity contribution in [1.29, 1.82) is 0 Å². The van der Waals surface area contributed by atoms with Crippen LogP contribution in [0.4, 0.5) is 4.79 Å². The van der Waals surface area contributed by atoms with Crippen molar-refractivity contribution in [2.75, 3.05) is 0 Å². The number of carbonyl (C=O) groups excluding carboxylic acids is 3. The number of aryl methyl sites for hydroxylation is 2. The van der Waals surface area contributed by atoms with Gasteiger partial charge in [-0.15, -0.1) is 0 Å². The molecule has 2 aromatic rings. The highest BCUT2D eigenvalue weighted by molar-refractivity contribution is 8.15. The van der Waals surface area contributed by atoms with Crippen molar-refractivity contribution in [3.63, 3.8) is 0 Å². The van der Waals surface area contributed by atoms with Gasteiger partial charge in [-0.05, 0) is 30.5 Å². The van der Waals surface area contributed by atoms with Crippen LogP contribution in [-0.4, -0.2) is 26.7 Å². The second-order valence-corrected chi connectivity index (χ2v) is 6.99. The highest BCUT2D eigenvalue weighted by atomic mass is 32.2. The number of ketones is 1. The first-order chi connectivity index (χ1) is 11.5. The summed E-state index contributed by atoms with van der Waals surface area (Å²) in [4.78, 5) is 35.0. The summed E-state index contributed by atoms with van der Waals surface area (Å²) < 4.78 is 2.02. The molecule has 1 aromatic carbocycles. The van der Waals surface area contributed by atoms with Crippen LogP contribution in [0.3, 0.4) is 0 Å². The summed E-state index contributed by atoms with van der Waals surface area (Å²) in [6.07, 6.45) is 3.63. The Balaban J connectivity index is 1.57. The molecule has 0 radical (unpaired) electrons. The Hall–Kier alpha value is -2.34. The van der Waals surface area contributed by atoms with Gasteiger partial charge in [-0.1, -0.05) is 36.0 Å². The summed E-state index contributed by atoms with van der Waals surface area (Å²) in [6.45, 7) is 0. The first-order valence-corrected chi connectivity index (χ1v) is 8.65. The molecule has 0 aliphatic carbocycles. The smallest absolute Gasteiger partial charge is 0.286 e. The lowest BCUT2D eigenvalue weighted by Gasteiger charge is -2.07. The Bertz CT molecular complexity index is 780. The number of hydrogen-bond donors (Lipinski definition) is 1. The number of imide groups is 1. The van der Waals surface area contributed by atoms with Gasteiger partial charge in [0.1, 0.15) is 0 Å². The molecule has 24 heavy (non-hydrogen) atoms. The van der Waals surface area contributed by atoms with E-state index in [1.54, 1.807) is 12.1 Å². The predicted octanol–water partition coefficient (Wildman–Crippen LogP) is 2.73. The molecule has 124 valence electrons. The summed E-state index contributed by atoms with van der Waals surface area (Å²) >= 11 is 1.02. The Morgan fingerprint density at radius 3 is 2.54 bits per heavy atom. The van der Waals surface area contributed by atoms with E-state index in [1.165, 1.54) is 0 Å². The first-order valence-electron chi connectivity index (χ1n) is 7.77. The molecule has 1 atom stereocenters. The number of hydrogen-bond acceptors (Lipinski definition) is 4. The molecule has 1 fully saturated rings. The molecule has 1 aliphatic rings. The minimum absolute atomic E-state index is 0.103. The van der Waals surface area contributed by atoms with Crippen LogP contribution < -0.4 is 5.32 Å². The highest BCUT2D eigenvalue weighted by Gasteiger charge is 2.31. The van der Waals surface area contributed by atoms with Crippen molar-refractivity contribution < 1.29 is 14.4 Å². The van der Waals surface area contributed by atoms with Gasteiger partial charge >= 0.3 is 0 Å². The fraction of sp³-hybridized carbons (Fsp3) is 0.278. The van der Waals surface area contributed by atoms with Crippen molar-refractivity contribution in [2.24, 2.45) is 7.05 Å². The van der Waals surface area contributed by atoms with Crippen LogP contribution in [0.25, 0.3) is 0 Å². The number of amides is 2. The van der Waals surface area contributed by atoms with Gasteiger partial charge in [-0.2, -0.15) is 0 Å². The zero-order valence-electron chi connectivity index (χ0n) is 13.3. The van der Waals surface area contributed by atoms with E-state index in [1.807, 2.05) is 42.1 Å². The van der Waals surface area contributed by atoms with E-state index in [9.17, 15) is 14.4 Å². The number of thioether (sulfide) groups is 1. The molecule has 1 aromatic heterocycles. The lowest BCUT2D eigenvalue weighted by molar-refractivity contribution is -0.118. The average molecular weight is 342 g/mol. The normalized spacial score (nSPS) is 17.1. The summed E-state index contributed by atoms with van der Waals surface area (Å²) in [6, 6.07) is 11.3. The number of nitrogens with zero attached hydrogens (tertiary/aromatic N) is 1. The number of Topliss-reactive ketones (excluding diaryl/α,β-unsaturated/α-hetero) is 1. The van der Waals surface area contributed by atoms with E-state index >= 15 is 0 Å². The third-order valence-electron chi connectivity index (χ3n) is 4.12. The van der Waals surface area contributed by atoms with Crippen molar-refractivity contribution in [3.8, 4) is 0 Å². The fourth-order valence-corrected chi connectivity index (χ4v) is 3.57. The van der Waals surface area contributed by atoms with Gasteiger partial charge in [0.15, 0.2) is 5.78 Å². The minimum Gasteiger partial charge on any atom is -0.354 e. The molecule has 1 N–H and O–H groups in total. The van der Waals surface area contributed by atoms with E-state index in [4.69, 9.17) is 0 Å². The summed E-state index contributed by atoms with van der Waals surface area (Å²) in [7, 11) is 1.97. The standard InChI is InChI=1S/C18H18N2O3S/c1-20-10-2-3-14(20)8-9-15(21)13-6-4-12(5-7-13)11-16-17(22)19-18(23)24-16/h2-7,10,16H,8-9,11H2,1H3,(H,19,22,23). The SMILES string of the molecule is Cn1cccc1CCC(=O)c1ccc(CC2SC(=O)NC2=O)cc1. The molecule has 1 unspecified atom stereocenters. The Morgan fingerprint density at radius 1 is 1.21 bits per heavy atom. The van der Waals surface area contributed by atoms with Crippen LogP contribution in [-0.2, 0) is 24.7 Å². The third-order valence-corrected chi connectivity index (χ3v) is 5.10. The van der Waals surface area contributed by atoms with Gasteiger partial charge in [-0.3, -0.25) is 19.7 Å². The predicted molar refractivity (Wildman–Crippen MR) is 93.1 cm³/mol. The third kappa shape index (κ3) is 3.76. The van der Waals surface area contributed by atoms with Crippen LogP contribution >= 0.6 is 11.8 Å². The monoisotopic (exact) mass is 342 g/mol. The molecule has 2 heterocycles. The van der Waals surface area contributed by atoms with Crippen LogP contribution in [0, 0.1) is 0 Å². The molecular weight excluding hydrogens is 324 g/mol. The van der Waals surface area contributed by atoms with Crippen molar-refractivity contribution >= 4 is 28.7 Å². The molecule has 0 bridgehead atoms. The van der Waals surface area contributed by atoms with Crippen LogP contribution in [0.15, 0.2) is 42.6 Å². The van der Waals surface area contributed by atoms with Gasteiger partial charge in [-0.25, -0.2) is 0 Å². The van der Waals surface area contributed by atoms with E-state index in [0.717, 1.165) is 23.0 Å². The molecule has 0 spiro atoms. The van der Waals surface area contributed by atoms with Gasteiger partial charge < -0.3 is 4.57 Å². The quantitative estimate of drug-likeness (QED) is 0.820. The number of benzene rings is 1. The zero-order chi connectivity index (χ0) is 17.1. The first kappa shape index (κ1) is 16.5. The lowest BCUT2D eigenvalue weighted by atomic mass is 10.0. The van der Waals surface area contributed by atoms with Crippen LogP contribution in [0.1, 0.15) is 28.0 Å². The van der Waals surface area contributed by atoms with Gasteiger partial charge in [0.2, 0.25) is 5.91 Å². The maximum Gasteiger partial charge on any atom is 0.286 e. The molecule has 3 rings (SSSR count). The van der Waals surface area contributed by atoms with Gasteiger partial charge in [0.05, 0.1) is 5.25 Å². The number of nitrogens with one attached hydrogen (secondary N) is 1. The van der Waals surface area contributed by atoms with Crippen LogP contribution in [0.2, 0.25) is 0 Å². The summed E-state index contributed by atoms with van der Waals surface area (Å²) in [5.74, 6) is -0.140. The Labute approximate surface area is 144 Å². The van der Waals surface area contributed by atoms with Crippen molar-refractivity contribution in [2.45, 2.75) is 24.5 Å². The molecular formula is C18H18N2O3S. The zero-order valence-corrected chi connectivity index (χ0v) is 14.1. The molecule has 1 saturated heterocycles. The number of aromatic nitrogens is 1. The Morgan fingerprint density at radius 2 is 1.96 bits per heavy atom. The second kappa shape index (κ2) is 7.05. The topological polar surface area (TPSA) is 68.2 Å². The summed E-state index contributed by atoms with van der Waals surface area (Å²) in [5, 5.41) is 1.61. The summed E-state index contributed by atoms with van der Waals surface area (Å²) in [5.41, 5.74) is 2.75. The Kier molecular flexibility index (Phi) is 4.85. The molecule has 0 saturated carbocycles.